The molecule has 1 N–H and O–H groups in total. The van der Waals surface area contributed by atoms with Gasteiger partial charge in [-0.15, -0.1) is 0 Å². The van der Waals surface area contributed by atoms with E-state index in [1.54, 1.807) is 35.9 Å². The fourth-order valence-electron chi connectivity index (χ4n) is 3.07. The summed E-state index contributed by atoms with van der Waals surface area (Å²) in [4.78, 5) is 38.4. The lowest BCUT2D eigenvalue weighted by atomic mass is 10.1. The van der Waals surface area contributed by atoms with Crippen molar-refractivity contribution in [1.82, 2.24) is 20.0 Å². The van der Waals surface area contributed by atoms with Crippen LogP contribution in [-0.4, -0.2) is 38.4 Å². The van der Waals surface area contributed by atoms with Crippen molar-refractivity contribution in [3.05, 3.63) is 52.3 Å². The Kier molecular flexibility index (Phi) is 4.16. The van der Waals surface area contributed by atoms with E-state index in [1.165, 1.54) is 0 Å². The Morgan fingerprint density at radius 2 is 1.72 bits per heavy atom. The Labute approximate surface area is 145 Å². The molecule has 130 valence electrons. The van der Waals surface area contributed by atoms with E-state index in [9.17, 15) is 14.4 Å². The number of nitrogens with zero attached hydrogens (tertiary/aromatic N) is 3. The van der Waals surface area contributed by atoms with Crippen LogP contribution in [-0.2, 0) is 18.4 Å². The number of fused-ring (bicyclic) bond motifs is 1. The SMILES string of the molecule is Cc1nn(C)c(C)c1CNC(=O)C(C)N1C(=O)c2ccccc2C1=O. The summed E-state index contributed by atoms with van der Waals surface area (Å²) in [5.74, 6) is -1.24. The minimum atomic E-state index is -0.885. The molecule has 0 saturated heterocycles. The topological polar surface area (TPSA) is 84.3 Å². The summed E-state index contributed by atoms with van der Waals surface area (Å²) >= 11 is 0. The van der Waals surface area contributed by atoms with Gasteiger partial charge in [0.1, 0.15) is 6.04 Å². The second-order valence-electron chi connectivity index (χ2n) is 6.19. The molecule has 2 aromatic rings. The van der Waals surface area contributed by atoms with Gasteiger partial charge < -0.3 is 5.32 Å². The Balaban J connectivity index is 1.73. The molecule has 1 aromatic carbocycles. The predicted octanol–water partition coefficient (Wildman–Crippen LogP) is 1.34. The molecule has 2 heterocycles. The molecule has 3 amide bonds. The second-order valence-corrected chi connectivity index (χ2v) is 6.19. The summed E-state index contributed by atoms with van der Waals surface area (Å²) < 4.78 is 1.75. The lowest BCUT2D eigenvalue weighted by Gasteiger charge is -2.21. The van der Waals surface area contributed by atoms with Crippen molar-refractivity contribution >= 4 is 17.7 Å². The van der Waals surface area contributed by atoms with E-state index in [-0.39, 0.29) is 5.91 Å². The summed E-state index contributed by atoms with van der Waals surface area (Å²) in [6.45, 7) is 5.66. The first kappa shape index (κ1) is 16.9. The highest BCUT2D eigenvalue weighted by atomic mass is 16.2. The first-order valence-corrected chi connectivity index (χ1v) is 8.06. The van der Waals surface area contributed by atoms with Crippen LogP contribution >= 0.6 is 0 Å². The normalized spacial score (nSPS) is 14.6. The van der Waals surface area contributed by atoms with Gasteiger partial charge in [-0.3, -0.25) is 24.0 Å². The number of imide groups is 1. The molecule has 0 bridgehead atoms. The van der Waals surface area contributed by atoms with Crippen molar-refractivity contribution < 1.29 is 14.4 Å². The van der Waals surface area contributed by atoms with Gasteiger partial charge in [0, 0.05) is 24.8 Å². The number of aromatic nitrogens is 2. The molecule has 1 aliphatic heterocycles. The highest BCUT2D eigenvalue weighted by Gasteiger charge is 2.40. The summed E-state index contributed by atoms with van der Waals surface area (Å²) in [6, 6.07) is 5.72. The Bertz CT molecular complexity index is 849. The summed E-state index contributed by atoms with van der Waals surface area (Å²) in [5, 5.41) is 7.11. The monoisotopic (exact) mass is 340 g/mol. The number of nitrogens with one attached hydrogen (secondary N) is 1. The molecule has 1 aromatic heterocycles. The van der Waals surface area contributed by atoms with Crippen LogP contribution < -0.4 is 5.32 Å². The van der Waals surface area contributed by atoms with Crippen LogP contribution in [0.15, 0.2) is 24.3 Å². The first-order chi connectivity index (χ1) is 11.8. The quantitative estimate of drug-likeness (QED) is 0.851. The maximum Gasteiger partial charge on any atom is 0.262 e. The predicted molar refractivity (Wildman–Crippen MR) is 90.9 cm³/mol. The van der Waals surface area contributed by atoms with Gasteiger partial charge in [-0.1, -0.05) is 12.1 Å². The van der Waals surface area contributed by atoms with E-state index in [4.69, 9.17) is 0 Å². The van der Waals surface area contributed by atoms with Crippen LogP contribution in [0.4, 0.5) is 0 Å². The van der Waals surface area contributed by atoms with E-state index in [0.29, 0.717) is 17.7 Å². The zero-order chi connectivity index (χ0) is 18.3. The number of carbonyl (C=O) groups excluding carboxylic acids is 3. The molecule has 25 heavy (non-hydrogen) atoms. The van der Waals surface area contributed by atoms with Crippen molar-refractivity contribution in [2.45, 2.75) is 33.4 Å². The highest BCUT2D eigenvalue weighted by Crippen LogP contribution is 2.24. The van der Waals surface area contributed by atoms with E-state index in [0.717, 1.165) is 21.9 Å². The number of carbonyl (C=O) groups is 3. The number of benzene rings is 1. The third kappa shape index (κ3) is 2.71. The maximum absolute atomic E-state index is 12.5. The number of hydrogen-bond acceptors (Lipinski definition) is 4. The van der Waals surface area contributed by atoms with E-state index < -0.39 is 17.9 Å². The van der Waals surface area contributed by atoms with E-state index >= 15 is 0 Å². The third-order valence-electron chi connectivity index (χ3n) is 4.69. The van der Waals surface area contributed by atoms with Crippen LogP contribution in [0.3, 0.4) is 0 Å². The minimum Gasteiger partial charge on any atom is -0.350 e. The molecule has 0 spiro atoms. The van der Waals surface area contributed by atoms with Crippen molar-refractivity contribution in [1.29, 1.82) is 0 Å². The highest BCUT2D eigenvalue weighted by molar-refractivity contribution is 6.22. The van der Waals surface area contributed by atoms with Gasteiger partial charge in [0.25, 0.3) is 11.8 Å². The van der Waals surface area contributed by atoms with Crippen molar-refractivity contribution in [3.63, 3.8) is 0 Å². The maximum atomic E-state index is 12.5. The molecular weight excluding hydrogens is 320 g/mol. The second kappa shape index (κ2) is 6.16. The van der Waals surface area contributed by atoms with Gasteiger partial charge in [0.2, 0.25) is 5.91 Å². The number of aryl methyl sites for hydroxylation is 2. The molecule has 3 rings (SSSR count). The molecule has 7 heteroatoms. The fraction of sp³-hybridized carbons (Fsp3) is 0.333. The number of rotatable bonds is 4. The van der Waals surface area contributed by atoms with Crippen LogP contribution in [0.25, 0.3) is 0 Å². The average Bonchev–Trinajstić information content (AvgIpc) is 2.99. The van der Waals surface area contributed by atoms with Gasteiger partial charge in [-0.2, -0.15) is 5.10 Å². The molecule has 0 saturated carbocycles. The van der Waals surface area contributed by atoms with E-state index in [2.05, 4.69) is 10.4 Å². The number of hydrogen-bond donors (Lipinski definition) is 1. The van der Waals surface area contributed by atoms with Gasteiger partial charge in [-0.25, -0.2) is 0 Å². The first-order valence-electron chi connectivity index (χ1n) is 8.06. The molecule has 0 aliphatic carbocycles. The molecular formula is C18H20N4O3. The minimum absolute atomic E-state index is 0.303. The molecule has 0 fully saturated rings. The lowest BCUT2D eigenvalue weighted by Crippen LogP contribution is -2.47. The standard InChI is InChI=1S/C18H20N4O3/c1-10-15(11(2)21(4)20-10)9-19-16(23)12(3)22-17(24)13-7-5-6-8-14(13)18(22)25/h5-8,12H,9H2,1-4H3,(H,19,23). The molecule has 1 atom stereocenters. The summed E-state index contributed by atoms with van der Waals surface area (Å²) in [6.07, 6.45) is 0. The molecule has 1 unspecified atom stereocenters. The van der Waals surface area contributed by atoms with Crippen molar-refractivity contribution in [2.24, 2.45) is 7.05 Å². The molecule has 1 aliphatic rings. The summed E-state index contributed by atoms with van der Waals surface area (Å²) in [5.41, 5.74) is 3.42. The van der Waals surface area contributed by atoms with Gasteiger partial charge in [-0.05, 0) is 32.9 Å². The fourth-order valence-corrected chi connectivity index (χ4v) is 3.07. The van der Waals surface area contributed by atoms with E-state index in [1.807, 2.05) is 20.9 Å². The van der Waals surface area contributed by atoms with Crippen LogP contribution in [0.1, 0.15) is 44.6 Å². The largest absolute Gasteiger partial charge is 0.350 e. The molecule has 0 radical (unpaired) electrons. The van der Waals surface area contributed by atoms with Crippen molar-refractivity contribution in [2.75, 3.05) is 0 Å². The van der Waals surface area contributed by atoms with Crippen LogP contribution in [0, 0.1) is 13.8 Å². The Morgan fingerprint density at radius 3 is 2.20 bits per heavy atom. The zero-order valence-corrected chi connectivity index (χ0v) is 14.7. The van der Waals surface area contributed by atoms with Crippen LogP contribution in [0.5, 0.6) is 0 Å². The smallest absolute Gasteiger partial charge is 0.262 e. The van der Waals surface area contributed by atoms with Crippen LogP contribution in [0.2, 0.25) is 0 Å². The summed E-state index contributed by atoms with van der Waals surface area (Å²) in [7, 11) is 1.84. The Morgan fingerprint density at radius 1 is 1.16 bits per heavy atom. The molecule has 7 nitrogen and oxygen atoms in total. The lowest BCUT2D eigenvalue weighted by molar-refractivity contribution is -0.124. The Hall–Kier alpha value is -2.96. The third-order valence-corrected chi connectivity index (χ3v) is 4.69. The van der Waals surface area contributed by atoms with Crippen molar-refractivity contribution in [3.8, 4) is 0 Å². The van der Waals surface area contributed by atoms with Gasteiger partial charge in [0.15, 0.2) is 0 Å². The van der Waals surface area contributed by atoms with Gasteiger partial charge >= 0.3 is 0 Å². The average molecular weight is 340 g/mol. The zero-order valence-electron chi connectivity index (χ0n) is 14.7. The van der Waals surface area contributed by atoms with Gasteiger partial charge in [0.05, 0.1) is 16.8 Å². The number of amides is 3.